The molecule has 0 aromatic heterocycles. The van der Waals surface area contributed by atoms with Crippen molar-refractivity contribution in [3.8, 4) is 0 Å². The predicted molar refractivity (Wildman–Crippen MR) is 153 cm³/mol. The van der Waals surface area contributed by atoms with E-state index >= 15 is 0 Å². The fourth-order valence-electron chi connectivity index (χ4n) is 5.01. The number of carbonyl (C=O) groups excluding carboxylic acids is 2. The zero-order valence-corrected chi connectivity index (χ0v) is 25.5. The molecule has 2 fully saturated rings. The van der Waals surface area contributed by atoms with Gasteiger partial charge in [-0.3, -0.25) is 9.80 Å². The second-order valence-corrected chi connectivity index (χ2v) is 13.0. The minimum atomic E-state index is -1.39. The molecule has 2 atom stereocenters. The molecule has 0 saturated carbocycles. The normalized spacial score (nSPS) is 23.3. The summed E-state index contributed by atoms with van der Waals surface area (Å²) >= 11 is 0. The summed E-state index contributed by atoms with van der Waals surface area (Å²) < 4.78 is 21.8. The van der Waals surface area contributed by atoms with E-state index in [-0.39, 0.29) is 44.8 Å². The van der Waals surface area contributed by atoms with Crippen molar-refractivity contribution in [1.82, 2.24) is 15.1 Å². The molecule has 1 aromatic rings. The lowest BCUT2D eigenvalue weighted by atomic mass is 10.0. The Hall–Kier alpha value is -2.44. The van der Waals surface area contributed by atoms with Gasteiger partial charge in [-0.2, -0.15) is 0 Å². The molecule has 232 valence electrons. The quantitative estimate of drug-likeness (QED) is 0.266. The maximum atomic E-state index is 12.2. The van der Waals surface area contributed by atoms with Crippen LogP contribution >= 0.6 is 0 Å². The Bertz CT molecular complexity index is 1010. The maximum absolute atomic E-state index is 12.2. The third-order valence-corrected chi connectivity index (χ3v) is 7.16. The van der Waals surface area contributed by atoms with Gasteiger partial charge in [-0.1, -0.05) is 24.3 Å². The van der Waals surface area contributed by atoms with Gasteiger partial charge in [0.15, 0.2) is 11.4 Å². The van der Waals surface area contributed by atoms with Crippen LogP contribution in [0, 0.1) is 0 Å². The number of aliphatic hydroxyl groups is 2. The lowest BCUT2D eigenvalue weighted by Crippen LogP contribution is -2.56. The Morgan fingerprint density at radius 3 is 1.88 bits per heavy atom. The number of cyclic esters (lactones) is 2. The van der Waals surface area contributed by atoms with Crippen molar-refractivity contribution in [1.29, 1.82) is 0 Å². The van der Waals surface area contributed by atoms with E-state index in [0.717, 1.165) is 30.5 Å². The van der Waals surface area contributed by atoms with Crippen LogP contribution in [0.1, 0.15) is 78.4 Å². The van der Waals surface area contributed by atoms with Crippen LogP contribution in [0.3, 0.4) is 0 Å². The first-order valence-electron chi connectivity index (χ1n) is 14.5. The summed E-state index contributed by atoms with van der Waals surface area (Å²) in [5, 5.41) is 25.4. The van der Waals surface area contributed by atoms with Gasteiger partial charge in [-0.15, -0.1) is 0 Å². The van der Waals surface area contributed by atoms with Crippen LogP contribution in [0.15, 0.2) is 24.3 Å². The molecule has 11 nitrogen and oxygen atoms in total. The smallest absolute Gasteiger partial charge is 0.412 e. The van der Waals surface area contributed by atoms with Gasteiger partial charge in [-0.05, 0) is 72.1 Å². The lowest BCUT2D eigenvalue weighted by molar-refractivity contribution is -0.112. The van der Waals surface area contributed by atoms with Crippen LogP contribution in [-0.4, -0.2) is 94.2 Å². The SMILES string of the molecule is CC(C)(C)NCCCCN1C(=O)OCC1(O)CCOCc1ccc(COCCC2(O)COC(=O)N2C(C)(C)C)cc1. The van der Waals surface area contributed by atoms with Crippen LogP contribution < -0.4 is 5.32 Å². The van der Waals surface area contributed by atoms with E-state index in [9.17, 15) is 19.8 Å². The van der Waals surface area contributed by atoms with Gasteiger partial charge in [0, 0.05) is 30.5 Å². The highest BCUT2D eigenvalue weighted by Gasteiger charge is 2.50. The second kappa shape index (κ2) is 13.7. The molecule has 2 aliphatic heterocycles. The van der Waals surface area contributed by atoms with Crippen molar-refractivity contribution in [2.45, 2.75) is 103 Å². The molecule has 0 bridgehead atoms. The molecule has 3 rings (SSSR count). The first-order valence-corrected chi connectivity index (χ1v) is 14.5. The Kier molecular flexibility index (Phi) is 11.0. The van der Waals surface area contributed by atoms with E-state index in [2.05, 4.69) is 26.1 Å². The molecule has 41 heavy (non-hydrogen) atoms. The molecular formula is C30H49N3O8. The molecule has 0 radical (unpaired) electrons. The van der Waals surface area contributed by atoms with E-state index in [1.807, 2.05) is 45.0 Å². The predicted octanol–water partition coefficient (Wildman–Crippen LogP) is 3.75. The molecule has 2 unspecified atom stereocenters. The fraction of sp³-hybridized carbons (Fsp3) is 0.733. The van der Waals surface area contributed by atoms with Gasteiger partial charge >= 0.3 is 12.2 Å². The van der Waals surface area contributed by atoms with Gasteiger partial charge in [0.25, 0.3) is 0 Å². The first-order chi connectivity index (χ1) is 19.1. The van der Waals surface area contributed by atoms with E-state index in [4.69, 9.17) is 18.9 Å². The minimum absolute atomic E-state index is 0.0481. The summed E-state index contributed by atoms with van der Waals surface area (Å²) in [6.45, 7) is 14.3. The number of rotatable bonds is 15. The highest BCUT2D eigenvalue weighted by atomic mass is 16.6. The molecule has 2 aliphatic rings. The van der Waals surface area contributed by atoms with Crippen molar-refractivity contribution >= 4 is 12.2 Å². The summed E-state index contributed by atoms with van der Waals surface area (Å²) in [6, 6.07) is 7.80. The lowest BCUT2D eigenvalue weighted by Gasteiger charge is -2.39. The Labute approximate surface area is 244 Å². The largest absolute Gasteiger partial charge is 0.444 e. The number of hydrogen-bond acceptors (Lipinski definition) is 9. The van der Waals surface area contributed by atoms with E-state index < -0.39 is 29.2 Å². The molecular weight excluding hydrogens is 530 g/mol. The van der Waals surface area contributed by atoms with Crippen LogP contribution in [0.2, 0.25) is 0 Å². The van der Waals surface area contributed by atoms with E-state index in [1.165, 1.54) is 9.80 Å². The van der Waals surface area contributed by atoms with Gasteiger partial charge in [0.05, 0.1) is 26.4 Å². The van der Waals surface area contributed by atoms with Crippen molar-refractivity contribution in [3.63, 3.8) is 0 Å². The van der Waals surface area contributed by atoms with Crippen molar-refractivity contribution in [2.24, 2.45) is 0 Å². The zero-order valence-electron chi connectivity index (χ0n) is 25.5. The monoisotopic (exact) mass is 579 g/mol. The summed E-state index contributed by atoms with van der Waals surface area (Å²) in [4.78, 5) is 27.0. The van der Waals surface area contributed by atoms with Crippen LogP contribution in [0.25, 0.3) is 0 Å². The summed E-state index contributed by atoms with van der Waals surface area (Å²) in [7, 11) is 0. The highest BCUT2D eigenvalue weighted by Crippen LogP contribution is 2.32. The van der Waals surface area contributed by atoms with Gasteiger partial charge < -0.3 is 34.5 Å². The van der Waals surface area contributed by atoms with Crippen molar-refractivity contribution in [3.05, 3.63) is 35.4 Å². The Balaban J connectivity index is 1.35. The molecule has 0 spiro atoms. The third kappa shape index (κ3) is 9.54. The molecule has 2 heterocycles. The molecule has 3 N–H and O–H groups in total. The number of ether oxygens (including phenoxy) is 4. The minimum Gasteiger partial charge on any atom is -0.444 e. The number of hydrogen-bond donors (Lipinski definition) is 3. The molecule has 2 amide bonds. The third-order valence-electron chi connectivity index (χ3n) is 7.16. The number of carbonyl (C=O) groups is 2. The van der Waals surface area contributed by atoms with Crippen molar-refractivity contribution in [2.75, 3.05) is 39.5 Å². The Morgan fingerprint density at radius 2 is 1.34 bits per heavy atom. The van der Waals surface area contributed by atoms with Gasteiger partial charge in [0.2, 0.25) is 0 Å². The van der Waals surface area contributed by atoms with Crippen LogP contribution in [0.4, 0.5) is 9.59 Å². The molecule has 1 aromatic carbocycles. The Morgan fingerprint density at radius 1 is 0.829 bits per heavy atom. The number of amides is 2. The molecule has 0 aliphatic carbocycles. The average Bonchev–Trinajstić information content (AvgIpc) is 3.34. The number of benzene rings is 1. The maximum Gasteiger partial charge on any atom is 0.412 e. The topological polar surface area (TPSA) is 130 Å². The number of nitrogens with zero attached hydrogens (tertiary/aromatic N) is 2. The van der Waals surface area contributed by atoms with E-state index in [1.54, 1.807) is 0 Å². The highest BCUT2D eigenvalue weighted by molar-refractivity contribution is 5.71. The van der Waals surface area contributed by atoms with E-state index in [0.29, 0.717) is 19.8 Å². The fourth-order valence-corrected chi connectivity index (χ4v) is 5.01. The van der Waals surface area contributed by atoms with Crippen LogP contribution in [0.5, 0.6) is 0 Å². The summed E-state index contributed by atoms with van der Waals surface area (Å²) in [6.07, 6.45) is 1.16. The summed E-state index contributed by atoms with van der Waals surface area (Å²) in [5.74, 6) is 0. The number of unbranched alkanes of at least 4 members (excludes halogenated alkanes) is 1. The standard InChI is InChI=1S/C30H49N3O8/c1-27(2,3)31-15-7-8-16-32-25(34)40-21-29(32,36)13-17-38-19-23-9-11-24(12-10-23)20-39-18-14-30(37)22-41-26(35)33(30)28(4,5)6/h9-12,31,36-37H,7-8,13-22H2,1-6H3. The van der Waals surface area contributed by atoms with Crippen LogP contribution in [-0.2, 0) is 32.2 Å². The van der Waals surface area contributed by atoms with Crippen molar-refractivity contribution < 1.29 is 38.7 Å². The molecule has 2 saturated heterocycles. The van der Waals surface area contributed by atoms with Gasteiger partial charge in [-0.25, -0.2) is 9.59 Å². The molecule has 11 heteroatoms. The number of nitrogens with one attached hydrogen (secondary N) is 1. The first kappa shape index (κ1) is 33.1. The average molecular weight is 580 g/mol. The second-order valence-electron chi connectivity index (χ2n) is 13.0. The van der Waals surface area contributed by atoms with Gasteiger partial charge in [0.1, 0.15) is 13.2 Å². The summed E-state index contributed by atoms with van der Waals surface area (Å²) in [5.41, 5.74) is -1.32. The zero-order chi connectivity index (χ0) is 30.3.